The zero-order chi connectivity index (χ0) is 25.2. The Bertz CT molecular complexity index is 1670. The fourth-order valence-corrected chi connectivity index (χ4v) is 8.38. The Kier molecular flexibility index (Phi) is 5.06. The monoisotopic (exact) mass is 508 g/mol. The Morgan fingerprint density at radius 2 is 1.34 bits per heavy atom. The highest BCUT2D eigenvalue weighted by atomic mass is 32.1. The molecule has 2 nitrogen and oxygen atoms in total. The van der Waals surface area contributed by atoms with Crippen LogP contribution in [0, 0.1) is 0 Å². The molecule has 4 heteroatoms. The minimum atomic E-state index is 0.257. The molecule has 3 heterocycles. The van der Waals surface area contributed by atoms with Crippen molar-refractivity contribution in [2.45, 2.75) is 39.0 Å². The summed E-state index contributed by atoms with van der Waals surface area (Å²) in [6.07, 6.45) is 5.99. The molecule has 38 heavy (non-hydrogen) atoms. The van der Waals surface area contributed by atoms with E-state index in [1.54, 1.807) is 10.4 Å². The van der Waals surface area contributed by atoms with E-state index in [9.17, 15) is 0 Å². The molecule has 0 saturated heterocycles. The number of rotatable bonds is 3. The largest absolute Gasteiger partial charge is 0.311 e. The molecule has 4 aromatic carbocycles. The van der Waals surface area contributed by atoms with Crippen molar-refractivity contribution in [1.82, 2.24) is 0 Å². The van der Waals surface area contributed by atoms with Gasteiger partial charge < -0.3 is 9.80 Å². The lowest BCUT2D eigenvalue weighted by atomic mass is 9.36. The molecule has 184 valence electrons. The normalized spacial score (nSPS) is 15.0. The van der Waals surface area contributed by atoms with Crippen LogP contribution in [0.2, 0.25) is 0 Å². The molecule has 0 saturated carbocycles. The van der Waals surface area contributed by atoms with Gasteiger partial charge in [-0.1, -0.05) is 61.5 Å². The standard InChI is InChI=1S/C34H29BN2S/c1-2-23-21-29-32-30(22-23)37(25-15-7-4-8-16-25)33-26-17-9-12-20-31(26)38-34(33)35(32)27-18-10-11-19-28(27)36(29)24-13-5-3-6-14-24/h3-8,10-11,13-16,18-19,21-22H,2,9,12,17,20H2,1H3. The quantitative estimate of drug-likeness (QED) is 0.232. The van der Waals surface area contributed by atoms with Gasteiger partial charge in [0, 0.05) is 38.1 Å². The van der Waals surface area contributed by atoms with Crippen molar-refractivity contribution in [3.8, 4) is 0 Å². The zero-order valence-corrected chi connectivity index (χ0v) is 22.5. The smallest absolute Gasteiger partial charge is 0.264 e. The maximum absolute atomic E-state index is 2.61. The van der Waals surface area contributed by atoms with Gasteiger partial charge in [-0.05, 0) is 96.6 Å². The summed E-state index contributed by atoms with van der Waals surface area (Å²) in [5.74, 6) is 0. The summed E-state index contributed by atoms with van der Waals surface area (Å²) in [5, 5.41) is 0. The molecule has 1 aromatic heterocycles. The second-order valence-corrected chi connectivity index (χ2v) is 11.8. The molecule has 0 radical (unpaired) electrons. The van der Waals surface area contributed by atoms with Gasteiger partial charge >= 0.3 is 0 Å². The highest BCUT2D eigenvalue weighted by Gasteiger charge is 2.46. The number of anilines is 6. The lowest BCUT2D eigenvalue weighted by Crippen LogP contribution is -2.60. The van der Waals surface area contributed by atoms with E-state index >= 15 is 0 Å². The van der Waals surface area contributed by atoms with Gasteiger partial charge in [0.25, 0.3) is 6.71 Å². The van der Waals surface area contributed by atoms with Crippen molar-refractivity contribution in [3.63, 3.8) is 0 Å². The Labute approximate surface area is 229 Å². The predicted molar refractivity (Wildman–Crippen MR) is 164 cm³/mol. The van der Waals surface area contributed by atoms with Crippen LogP contribution in [-0.2, 0) is 19.3 Å². The van der Waals surface area contributed by atoms with Gasteiger partial charge in [-0.3, -0.25) is 0 Å². The molecule has 3 aliphatic rings. The van der Waals surface area contributed by atoms with Crippen molar-refractivity contribution in [3.05, 3.63) is 113 Å². The first-order valence-electron chi connectivity index (χ1n) is 13.9. The van der Waals surface area contributed by atoms with Gasteiger partial charge in [0.2, 0.25) is 0 Å². The minimum absolute atomic E-state index is 0.257. The van der Waals surface area contributed by atoms with E-state index in [-0.39, 0.29) is 6.71 Å². The highest BCUT2D eigenvalue weighted by Crippen LogP contribution is 2.48. The molecule has 1 aliphatic carbocycles. The number of para-hydroxylation sites is 3. The number of hydrogen-bond donors (Lipinski definition) is 0. The number of benzene rings is 4. The molecule has 5 aromatic rings. The first kappa shape index (κ1) is 22.2. The molecule has 0 amide bonds. The van der Waals surface area contributed by atoms with Crippen molar-refractivity contribution < 1.29 is 0 Å². The van der Waals surface area contributed by atoms with Crippen LogP contribution in [0.3, 0.4) is 0 Å². The summed E-state index contributed by atoms with van der Waals surface area (Å²) < 4.78 is 1.53. The molecule has 2 aliphatic heterocycles. The topological polar surface area (TPSA) is 6.48 Å². The maximum atomic E-state index is 2.61. The molecule has 0 N–H and O–H groups in total. The fraction of sp³-hybridized carbons (Fsp3) is 0.176. The van der Waals surface area contributed by atoms with Gasteiger partial charge in [-0.15, -0.1) is 0 Å². The van der Waals surface area contributed by atoms with Gasteiger partial charge in [-0.2, -0.15) is 11.3 Å². The number of aryl methyl sites for hydroxylation is 2. The first-order chi connectivity index (χ1) is 18.8. The van der Waals surface area contributed by atoms with Gasteiger partial charge in [0.1, 0.15) is 0 Å². The van der Waals surface area contributed by atoms with Crippen molar-refractivity contribution in [2.75, 3.05) is 9.80 Å². The van der Waals surface area contributed by atoms with Crippen LogP contribution >= 0.6 is 11.3 Å². The van der Waals surface area contributed by atoms with Crippen LogP contribution in [0.15, 0.2) is 97.1 Å². The average molecular weight is 508 g/mol. The van der Waals surface area contributed by atoms with Crippen LogP contribution in [0.25, 0.3) is 0 Å². The van der Waals surface area contributed by atoms with Crippen molar-refractivity contribution >= 4 is 67.9 Å². The summed E-state index contributed by atoms with van der Waals surface area (Å²) in [6.45, 7) is 2.54. The van der Waals surface area contributed by atoms with Crippen LogP contribution in [-0.4, -0.2) is 6.71 Å². The van der Waals surface area contributed by atoms with Crippen LogP contribution in [0.4, 0.5) is 34.1 Å². The third-order valence-corrected chi connectivity index (χ3v) is 9.89. The van der Waals surface area contributed by atoms with Crippen molar-refractivity contribution in [2.24, 2.45) is 0 Å². The van der Waals surface area contributed by atoms with E-state index in [0.717, 1.165) is 6.42 Å². The third-order valence-electron chi connectivity index (χ3n) is 8.55. The van der Waals surface area contributed by atoms with E-state index in [4.69, 9.17) is 0 Å². The molecule has 0 unspecified atom stereocenters. The lowest BCUT2D eigenvalue weighted by Gasteiger charge is -2.43. The van der Waals surface area contributed by atoms with Crippen LogP contribution in [0.1, 0.15) is 35.8 Å². The number of fused-ring (bicyclic) bond motifs is 6. The summed E-state index contributed by atoms with van der Waals surface area (Å²) in [7, 11) is 0. The Morgan fingerprint density at radius 1 is 0.711 bits per heavy atom. The minimum Gasteiger partial charge on any atom is -0.311 e. The second-order valence-electron chi connectivity index (χ2n) is 10.7. The van der Waals surface area contributed by atoms with Gasteiger partial charge in [0.15, 0.2) is 0 Å². The highest BCUT2D eigenvalue weighted by molar-refractivity contribution is 7.29. The third kappa shape index (κ3) is 3.13. The zero-order valence-electron chi connectivity index (χ0n) is 21.7. The summed E-state index contributed by atoms with van der Waals surface area (Å²) in [5.41, 5.74) is 13.8. The molecule has 0 bridgehead atoms. The molecule has 0 atom stereocenters. The average Bonchev–Trinajstić information content (AvgIpc) is 3.37. The first-order valence-corrected chi connectivity index (χ1v) is 14.8. The maximum Gasteiger partial charge on any atom is 0.264 e. The van der Waals surface area contributed by atoms with E-state index in [2.05, 4.69) is 125 Å². The van der Waals surface area contributed by atoms with E-state index < -0.39 is 0 Å². The summed E-state index contributed by atoms with van der Waals surface area (Å²) in [4.78, 5) is 6.72. The Hall–Kier alpha value is -3.76. The van der Waals surface area contributed by atoms with E-state index in [1.165, 1.54) is 81.1 Å². The van der Waals surface area contributed by atoms with Crippen LogP contribution in [0.5, 0.6) is 0 Å². The molecule has 0 spiro atoms. The summed E-state index contributed by atoms with van der Waals surface area (Å²) >= 11 is 2.09. The molecule has 8 rings (SSSR count). The Balaban J connectivity index is 1.50. The number of nitrogens with zero attached hydrogens (tertiary/aromatic N) is 2. The van der Waals surface area contributed by atoms with Crippen LogP contribution < -0.4 is 25.5 Å². The van der Waals surface area contributed by atoms with Gasteiger partial charge in [-0.25, -0.2) is 0 Å². The van der Waals surface area contributed by atoms with Crippen molar-refractivity contribution in [1.29, 1.82) is 0 Å². The molecular formula is C34H29BN2S. The number of thiophene rings is 1. The second kappa shape index (κ2) is 8.64. The summed E-state index contributed by atoms with van der Waals surface area (Å²) in [6, 6.07) is 36.0. The number of hydrogen-bond acceptors (Lipinski definition) is 3. The Morgan fingerprint density at radius 3 is 2.08 bits per heavy atom. The predicted octanol–water partition coefficient (Wildman–Crippen LogP) is 7.27. The van der Waals surface area contributed by atoms with E-state index in [0.29, 0.717) is 0 Å². The molecule has 0 fully saturated rings. The van der Waals surface area contributed by atoms with E-state index in [1.807, 2.05) is 0 Å². The lowest BCUT2D eigenvalue weighted by molar-refractivity contribution is 0.697. The SMILES string of the molecule is CCc1cc2c3c(c1)N(c1ccccc1)c1c(sc4c1CCCC4)B3c1ccccc1N2c1ccccc1. The van der Waals surface area contributed by atoms with Gasteiger partial charge in [0.05, 0.1) is 5.69 Å². The molecular weight excluding hydrogens is 479 g/mol. The fourth-order valence-electron chi connectivity index (χ4n) is 6.87.